The molecule has 13 heteroatoms. The number of hydrogen-bond acceptors (Lipinski definition) is 7. The van der Waals surface area contributed by atoms with E-state index in [1.54, 1.807) is 24.3 Å². The number of piperidine rings is 1. The van der Waals surface area contributed by atoms with Crippen LogP contribution in [0.4, 0.5) is 0 Å². The number of amides is 2. The lowest BCUT2D eigenvalue weighted by molar-refractivity contribution is -0.131. The largest absolute Gasteiger partial charge is 0.394 e. The van der Waals surface area contributed by atoms with Crippen molar-refractivity contribution >= 4 is 27.8 Å². The van der Waals surface area contributed by atoms with Gasteiger partial charge in [-0.05, 0) is 31.7 Å². The molecule has 1 heterocycles. The van der Waals surface area contributed by atoms with E-state index in [-0.39, 0.29) is 18.1 Å². The van der Waals surface area contributed by atoms with Crippen molar-refractivity contribution in [1.29, 1.82) is 5.41 Å². The van der Waals surface area contributed by atoms with Gasteiger partial charge < -0.3 is 31.5 Å². The maximum absolute atomic E-state index is 12.5. The first kappa shape index (κ1) is 26.5. The molecule has 2 rings (SSSR count). The number of sulfonamides is 1. The van der Waals surface area contributed by atoms with E-state index in [1.807, 2.05) is 6.07 Å². The van der Waals surface area contributed by atoms with Crippen molar-refractivity contribution in [3.05, 3.63) is 35.9 Å². The number of likely N-dealkylation sites (tertiary alicyclic amines) is 1. The number of nitrogens with zero attached hydrogens (tertiary/aromatic N) is 1. The fraction of sp³-hybridized carbons (Fsp3) is 0.550. The standard InChI is InChI=1S/C20H32N6O6S/c1-13(17(28)24-15-8-5-10-26(19(15)30)20(21)22)23-18(29)16(12-27)25-33(31,32)11-9-14-6-3-2-4-7-14/h2-4,6-7,13,15-16,19,25,27,30H,5,8-12H2,1H3,(H3,21,22)(H,23,29)(H,24,28)/t13-,15-,16+,19?/m0/s1. The number of nitrogens with two attached hydrogens (primary N) is 1. The summed E-state index contributed by atoms with van der Waals surface area (Å²) in [4.78, 5) is 26.2. The lowest BCUT2D eigenvalue weighted by Crippen LogP contribution is -2.61. The first-order valence-electron chi connectivity index (χ1n) is 10.6. The van der Waals surface area contributed by atoms with Crippen molar-refractivity contribution in [3.8, 4) is 0 Å². The van der Waals surface area contributed by atoms with Crippen molar-refractivity contribution in [2.45, 2.75) is 50.5 Å². The van der Waals surface area contributed by atoms with Crippen LogP contribution in [0.2, 0.25) is 0 Å². The van der Waals surface area contributed by atoms with Crippen LogP contribution in [-0.2, 0) is 26.0 Å². The van der Waals surface area contributed by atoms with Crippen LogP contribution in [0.15, 0.2) is 30.3 Å². The number of aliphatic hydroxyl groups excluding tert-OH is 2. The minimum atomic E-state index is -3.88. The number of benzene rings is 1. The summed E-state index contributed by atoms with van der Waals surface area (Å²) in [6.45, 7) is 0.987. The van der Waals surface area contributed by atoms with Crippen LogP contribution in [0.1, 0.15) is 25.3 Å². The average Bonchev–Trinajstić information content (AvgIpc) is 2.77. The molecule has 33 heavy (non-hydrogen) atoms. The number of carbonyl (C=O) groups is 2. The van der Waals surface area contributed by atoms with Crippen LogP contribution in [0.5, 0.6) is 0 Å². The Morgan fingerprint density at radius 3 is 2.55 bits per heavy atom. The lowest BCUT2D eigenvalue weighted by Gasteiger charge is -2.38. The Morgan fingerprint density at radius 2 is 1.94 bits per heavy atom. The van der Waals surface area contributed by atoms with Gasteiger partial charge in [-0.3, -0.25) is 15.0 Å². The minimum absolute atomic E-state index is 0.232. The van der Waals surface area contributed by atoms with Crippen LogP contribution in [0.3, 0.4) is 0 Å². The van der Waals surface area contributed by atoms with Crippen molar-refractivity contribution in [2.75, 3.05) is 18.9 Å². The van der Waals surface area contributed by atoms with Gasteiger partial charge in [0.15, 0.2) is 5.96 Å². The Labute approximate surface area is 193 Å². The molecule has 0 aromatic heterocycles. The molecule has 2 amide bonds. The molecule has 184 valence electrons. The molecule has 1 aromatic rings. The third-order valence-corrected chi connectivity index (χ3v) is 6.69. The molecule has 12 nitrogen and oxygen atoms in total. The van der Waals surface area contributed by atoms with E-state index in [9.17, 15) is 28.2 Å². The Hall–Kier alpha value is -2.74. The van der Waals surface area contributed by atoms with Crippen LogP contribution in [-0.4, -0.2) is 84.6 Å². The normalized spacial score (nSPS) is 20.5. The molecule has 8 N–H and O–H groups in total. The van der Waals surface area contributed by atoms with Crippen molar-refractivity contribution in [1.82, 2.24) is 20.3 Å². The molecular formula is C20H32N6O6S. The SMILES string of the molecule is C[C@H](NC(=O)[C@@H](CO)NS(=O)(=O)CCc1ccccc1)C(=O)N[C@H]1CCCN(C(=N)N)C1O. The Bertz CT molecular complexity index is 928. The van der Waals surface area contributed by atoms with Crippen LogP contribution >= 0.6 is 0 Å². The summed E-state index contributed by atoms with van der Waals surface area (Å²) in [7, 11) is -3.88. The highest BCUT2D eigenvalue weighted by Crippen LogP contribution is 2.15. The molecule has 0 saturated carbocycles. The smallest absolute Gasteiger partial charge is 0.242 e. The maximum Gasteiger partial charge on any atom is 0.242 e. The lowest BCUT2D eigenvalue weighted by atomic mass is 10.0. The summed E-state index contributed by atoms with van der Waals surface area (Å²) in [5.41, 5.74) is 6.24. The minimum Gasteiger partial charge on any atom is -0.394 e. The van der Waals surface area contributed by atoms with Gasteiger partial charge in [0.25, 0.3) is 0 Å². The number of aliphatic hydroxyl groups is 2. The number of rotatable bonds is 10. The summed E-state index contributed by atoms with van der Waals surface area (Å²) in [5.74, 6) is -2.06. The van der Waals surface area contributed by atoms with Gasteiger partial charge in [-0.25, -0.2) is 13.1 Å². The summed E-state index contributed by atoms with van der Waals surface area (Å²) >= 11 is 0. The van der Waals surface area contributed by atoms with Gasteiger partial charge in [0.05, 0.1) is 18.4 Å². The Kier molecular flexibility index (Phi) is 9.58. The molecule has 1 aromatic carbocycles. The third kappa shape index (κ3) is 7.96. The highest BCUT2D eigenvalue weighted by Gasteiger charge is 2.33. The summed E-state index contributed by atoms with van der Waals surface area (Å²) in [6, 6.07) is 5.73. The molecule has 0 radical (unpaired) electrons. The second-order valence-electron chi connectivity index (χ2n) is 7.89. The summed E-state index contributed by atoms with van der Waals surface area (Å²) in [5, 5.41) is 32.3. The number of nitrogens with one attached hydrogen (secondary N) is 4. The van der Waals surface area contributed by atoms with Gasteiger partial charge in [-0.1, -0.05) is 30.3 Å². The molecule has 4 atom stereocenters. The van der Waals surface area contributed by atoms with Gasteiger partial charge in [-0.2, -0.15) is 0 Å². The zero-order valence-corrected chi connectivity index (χ0v) is 19.2. The molecule has 1 aliphatic rings. The topological polar surface area (TPSA) is 198 Å². The molecule has 0 bridgehead atoms. The first-order chi connectivity index (χ1) is 15.5. The number of hydrogen-bond donors (Lipinski definition) is 7. The second-order valence-corrected chi connectivity index (χ2v) is 9.76. The van der Waals surface area contributed by atoms with Gasteiger partial charge in [0, 0.05) is 6.54 Å². The van der Waals surface area contributed by atoms with E-state index in [0.717, 1.165) is 5.56 Å². The van der Waals surface area contributed by atoms with Gasteiger partial charge in [0.1, 0.15) is 18.3 Å². The van der Waals surface area contributed by atoms with E-state index < -0.39 is 52.8 Å². The quantitative estimate of drug-likeness (QED) is 0.143. The maximum atomic E-state index is 12.5. The average molecular weight is 485 g/mol. The van der Waals surface area contributed by atoms with Gasteiger partial charge in [-0.15, -0.1) is 0 Å². The summed E-state index contributed by atoms with van der Waals surface area (Å²) in [6.07, 6.45) is 0.109. The Morgan fingerprint density at radius 1 is 1.27 bits per heavy atom. The van der Waals surface area contributed by atoms with Crippen molar-refractivity contribution in [2.24, 2.45) is 5.73 Å². The Balaban J connectivity index is 1.89. The molecule has 0 aliphatic carbocycles. The fourth-order valence-electron chi connectivity index (χ4n) is 3.42. The van der Waals surface area contributed by atoms with Crippen LogP contribution in [0, 0.1) is 5.41 Å². The zero-order chi connectivity index (χ0) is 24.6. The molecule has 1 unspecified atom stereocenters. The molecule has 0 spiro atoms. The third-order valence-electron chi connectivity index (χ3n) is 5.31. The van der Waals surface area contributed by atoms with E-state index in [2.05, 4.69) is 15.4 Å². The predicted molar refractivity (Wildman–Crippen MR) is 121 cm³/mol. The predicted octanol–water partition coefficient (Wildman–Crippen LogP) is -2.19. The van der Waals surface area contributed by atoms with Gasteiger partial charge in [0.2, 0.25) is 21.8 Å². The van der Waals surface area contributed by atoms with Crippen molar-refractivity contribution in [3.63, 3.8) is 0 Å². The molecule has 1 saturated heterocycles. The van der Waals surface area contributed by atoms with E-state index >= 15 is 0 Å². The van der Waals surface area contributed by atoms with Crippen LogP contribution in [0.25, 0.3) is 0 Å². The zero-order valence-electron chi connectivity index (χ0n) is 18.4. The van der Waals surface area contributed by atoms with Gasteiger partial charge >= 0.3 is 0 Å². The highest BCUT2D eigenvalue weighted by molar-refractivity contribution is 7.89. The number of aryl methyl sites for hydroxylation is 1. The summed E-state index contributed by atoms with van der Waals surface area (Å²) < 4.78 is 26.8. The monoisotopic (exact) mass is 484 g/mol. The van der Waals surface area contributed by atoms with E-state index in [0.29, 0.717) is 19.4 Å². The molecular weight excluding hydrogens is 452 g/mol. The fourth-order valence-corrected chi connectivity index (χ4v) is 4.66. The molecule has 1 fully saturated rings. The first-order valence-corrected chi connectivity index (χ1v) is 12.2. The number of carbonyl (C=O) groups excluding carboxylic acids is 2. The van der Waals surface area contributed by atoms with E-state index in [4.69, 9.17) is 11.1 Å². The highest BCUT2D eigenvalue weighted by atomic mass is 32.2. The molecule has 1 aliphatic heterocycles. The van der Waals surface area contributed by atoms with E-state index in [1.165, 1.54) is 11.8 Å². The van der Waals surface area contributed by atoms with Crippen molar-refractivity contribution < 1.29 is 28.2 Å². The van der Waals surface area contributed by atoms with Crippen LogP contribution < -0.4 is 21.1 Å². The second kappa shape index (κ2) is 11.9. The number of guanidine groups is 1.